The molecule has 0 fully saturated rings. The van der Waals surface area contributed by atoms with Crippen LogP contribution in [0.25, 0.3) is 11.1 Å². The van der Waals surface area contributed by atoms with E-state index in [1.165, 1.54) is 14.2 Å². The highest BCUT2D eigenvalue weighted by Gasteiger charge is 2.25. The van der Waals surface area contributed by atoms with Gasteiger partial charge in [-0.05, 0) is 59.5 Å². The number of methoxy groups -OCH3 is 2. The van der Waals surface area contributed by atoms with E-state index in [-0.39, 0.29) is 35.4 Å². The Labute approximate surface area is 174 Å². The van der Waals surface area contributed by atoms with Crippen molar-refractivity contribution in [3.8, 4) is 34.5 Å². The van der Waals surface area contributed by atoms with E-state index >= 15 is 0 Å². The molecule has 30 heavy (non-hydrogen) atoms. The molecule has 6 nitrogen and oxygen atoms in total. The number of aromatic hydroxyl groups is 3. The Hall–Kier alpha value is -3.80. The predicted octanol–water partition coefficient (Wildman–Crippen LogP) is 4.48. The van der Waals surface area contributed by atoms with Crippen LogP contribution in [0.5, 0.6) is 34.5 Å². The first-order valence-corrected chi connectivity index (χ1v) is 9.37. The van der Waals surface area contributed by atoms with Crippen LogP contribution in [-0.4, -0.2) is 36.1 Å². The number of phenolic OH excluding ortho intramolecular Hbond substituents is 3. The third-order valence-electron chi connectivity index (χ3n) is 5.23. The Morgan fingerprint density at radius 1 is 0.833 bits per heavy atom. The number of hydrogen-bond donors (Lipinski definition) is 3. The summed E-state index contributed by atoms with van der Waals surface area (Å²) in [6, 6.07) is 13.9. The smallest absolute Gasteiger partial charge is 0.200 e. The van der Waals surface area contributed by atoms with Crippen LogP contribution >= 0.6 is 0 Å². The maximum absolute atomic E-state index is 10.3. The van der Waals surface area contributed by atoms with E-state index in [2.05, 4.69) is 0 Å². The molecule has 1 heterocycles. The maximum atomic E-state index is 10.3. The number of phenols is 3. The molecule has 154 valence electrons. The molecule has 0 aromatic heterocycles. The molecule has 0 saturated heterocycles. The molecule has 0 atom stereocenters. The lowest BCUT2D eigenvalue weighted by Gasteiger charge is -2.26. The fraction of sp³-hybridized carbons (Fsp3) is 0.167. The van der Waals surface area contributed by atoms with Gasteiger partial charge >= 0.3 is 0 Å². The van der Waals surface area contributed by atoms with E-state index < -0.39 is 0 Å². The summed E-state index contributed by atoms with van der Waals surface area (Å²) in [6.45, 7) is 2.06. The van der Waals surface area contributed by atoms with Crippen LogP contribution < -0.4 is 14.2 Å². The van der Waals surface area contributed by atoms with Gasteiger partial charge in [0.1, 0.15) is 23.9 Å². The molecule has 0 amide bonds. The first-order chi connectivity index (χ1) is 14.4. The molecule has 1 aliphatic heterocycles. The van der Waals surface area contributed by atoms with E-state index in [1.54, 1.807) is 30.3 Å². The molecule has 0 spiro atoms. The highest BCUT2D eigenvalue weighted by molar-refractivity contribution is 6.02. The fourth-order valence-corrected chi connectivity index (χ4v) is 3.63. The van der Waals surface area contributed by atoms with Gasteiger partial charge in [0.15, 0.2) is 11.5 Å². The monoisotopic (exact) mass is 406 g/mol. The minimum atomic E-state index is -0.0755. The minimum absolute atomic E-state index is 0.0755. The van der Waals surface area contributed by atoms with Crippen LogP contribution in [0, 0.1) is 6.92 Å². The molecule has 6 heteroatoms. The largest absolute Gasteiger partial charge is 0.508 e. The number of ether oxygens (including phenoxy) is 3. The van der Waals surface area contributed by atoms with Gasteiger partial charge in [0, 0.05) is 17.2 Å². The van der Waals surface area contributed by atoms with Crippen LogP contribution in [0.4, 0.5) is 0 Å². The number of rotatable bonds is 4. The van der Waals surface area contributed by atoms with Crippen LogP contribution in [0.3, 0.4) is 0 Å². The number of aryl methyl sites for hydroxylation is 1. The van der Waals surface area contributed by atoms with E-state index in [1.807, 2.05) is 25.1 Å². The SMILES string of the molecule is COc1cc(C2=C(c3ccc(O)cc3)c3cc(C)c(O)cc3OC2)cc(OC)c1O. The Balaban J connectivity index is 2.03. The van der Waals surface area contributed by atoms with E-state index in [0.717, 1.165) is 33.4 Å². The summed E-state index contributed by atoms with van der Waals surface area (Å²) in [7, 11) is 2.96. The summed E-state index contributed by atoms with van der Waals surface area (Å²) in [6.07, 6.45) is 0. The van der Waals surface area contributed by atoms with Crippen molar-refractivity contribution >= 4 is 11.1 Å². The predicted molar refractivity (Wildman–Crippen MR) is 114 cm³/mol. The summed E-state index contributed by atoms with van der Waals surface area (Å²) in [5, 5.41) is 30.2. The molecule has 0 radical (unpaired) electrons. The summed E-state index contributed by atoms with van der Waals surface area (Å²) in [5.41, 5.74) is 4.94. The second-order valence-electron chi connectivity index (χ2n) is 7.05. The normalized spacial score (nSPS) is 12.9. The molecular formula is C24H22O6. The van der Waals surface area contributed by atoms with Crippen LogP contribution in [0.2, 0.25) is 0 Å². The van der Waals surface area contributed by atoms with Gasteiger partial charge in [-0.3, -0.25) is 0 Å². The van der Waals surface area contributed by atoms with Crippen molar-refractivity contribution in [3.05, 3.63) is 70.8 Å². The molecule has 3 aromatic rings. The average Bonchev–Trinajstić information content (AvgIpc) is 2.75. The van der Waals surface area contributed by atoms with Crippen LogP contribution in [0.15, 0.2) is 48.5 Å². The quantitative estimate of drug-likeness (QED) is 0.592. The van der Waals surface area contributed by atoms with Gasteiger partial charge in [0.2, 0.25) is 5.75 Å². The third kappa shape index (κ3) is 3.26. The van der Waals surface area contributed by atoms with Gasteiger partial charge in [-0.1, -0.05) is 12.1 Å². The Kier molecular flexibility index (Phi) is 4.91. The topological polar surface area (TPSA) is 88.4 Å². The average molecular weight is 406 g/mol. The van der Waals surface area contributed by atoms with Crippen LogP contribution in [0.1, 0.15) is 22.3 Å². The first kappa shape index (κ1) is 19.5. The standard InChI is InChI=1S/C24H22O6/c1-13-8-17-20(11-19(13)26)30-12-18(23(17)14-4-6-16(25)7-5-14)15-9-21(28-2)24(27)22(10-15)29-3/h4-11,25-27H,12H2,1-3H3. The van der Waals surface area contributed by atoms with Gasteiger partial charge in [-0.2, -0.15) is 0 Å². The summed E-state index contributed by atoms with van der Waals surface area (Å²) < 4.78 is 16.6. The van der Waals surface area contributed by atoms with Crippen molar-refractivity contribution < 1.29 is 29.5 Å². The number of benzene rings is 3. The Morgan fingerprint density at radius 2 is 1.47 bits per heavy atom. The maximum Gasteiger partial charge on any atom is 0.200 e. The highest BCUT2D eigenvalue weighted by Crippen LogP contribution is 2.46. The first-order valence-electron chi connectivity index (χ1n) is 9.37. The second kappa shape index (κ2) is 7.55. The molecule has 3 N–H and O–H groups in total. The molecule has 4 rings (SSSR count). The molecule has 1 aliphatic rings. The zero-order chi connectivity index (χ0) is 21.4. The second-order valence-corrected chi connectivity index (χ2v) is 7.05. The summed E-state index contributed by atoms with van der Waals surface area (Å²) in [5.74, 6) is 1.40. The van der Waals surface area contributed by atoms with Gasteiger partial charge in [0.05, 0.1) is 14.2 Å². The lowest BCUT2D eigenvalue weighted by atomic mass is 9.86. The van der Waals surface area contributed by atoms with Crippen LogP contribution in [-0.2, 0) is 0 Å². The fourth-order valence-electron chi connectivity index (χ4n) is 3.63. The molecule has 0 saturated carbocycles. The molecule has 3 aromatic carbocycles. The number of hydrogen-bond acceptors (Lipinski definition) is 6. The highest BCUT2D eigenvalue weighted by atomic mass is 16.5. The molecule has 0 aliphatic carbocycles. The number of fused-ring (bicyclic) bond motifs is 1. The van der Waals surface area contributed by atoms with E-state index in [9.17, 15) is 15.3 Å². The molecule has 0 unspecified atom stereocenters. The van der Waals surface area contributed by atoms with E-state index in [4.69, 9.17) is 14.2 Å². The third-order valence-corrected chi connectivity index (χ3v) is 5.23. The van der Waals surface area contributed by atoms with Crippen molar-refractivity contribution in [2.24, 2.45) is 0 Å². The van der Waals surface area contributed by atoms with Gasteiger partial charge in [-0.15, -0.1) is 0 Å². The Bertz CT molecular complexity index is 1120. The van der Waals surface area contributed by atoms with E-state index in [0.29, 0.717) is 5.75 Å². The summed E-state index contributed by atoms with van der Waals surface area (Å²) >= 11 is 0. The molecular weight excluding hydrogens is 384 g/mol. The zero-order valence-corrected chi connectivity index (χ0v) is 16.9. The zero-order valence-electron chi connectivity index (χ0n) is 16.9. The minimum Gasteiger partial charge on any atom is -0.508 e. The lowest BCUT2D eigenvalue weighted by Crippen LogP contribution is -2.12. The van der Waals surface area contributed by atoms with Crippen molar-refractivity contribution in [1.82, 2.24) is 0 Å². The van der Waals surface area contributed by atoms with Crippen molar-refractivity contribution in [1.29, 1.82) is 0 Å². The van der Waals surface area contributed by atoms with Gasteiger partial charge < -0.3 is 29.5 Å². The van der Waals surface area contributed by atoms with Gasteiger partial charge in [-0.25, -0.2) is 0 Å². The van der Waals surface area contributed by atoms with Crippen molar-refractivity contribution in [2.75, 3.05) is 20.8 Å². The molecule has 0 bridgehead atoms. The van der Waals surface area contributed by atoms with Gasteiger partial charge in [0.25, 0.3) is 0 Å². The van der Waals surface area contributed by atoms with Crippen molar-refractivity contribution in [3.63, 3.8) is 0 Å². The summed E-state index contributed by atoms with van der Waals surface area (Å²) in [4.78, 5) is 0. The lowest BCUT2D eigenvalue weighted by molar-refractivity contribution is 0.339. The Morgan fingerprint density at radius 3 is 2.07 bits per heavy atom. The van der Waals surface area contributed by atoms with Crippen molar-refractivity contribution in [2.45, 2.75) is 6.92 Å².